The maximum Gasteiger partial charge on any atom is 0.407 e. The average molecular weight is 723 g/mol. The van der Waals surface area contributed by atoms with Crippen molar-refractivity contribution >= 4 is 24.0 Å². The zero-order valence-electron chi connectivity index (χ0n) is 30.0. The van der Waals surface area contributed by atoms with Crippen LogP contribution in [0.2, 0.25) is 0 Å². The number of imidazole rings is 2. The van der Waals surface area contributed by atoms with Crippen molar-refractivity contribution in [2.24, 2.45) is 11.7 Å². The lowest BCUT2D eigenvalue weighted by Crippen LogP contribution is -2.46. The van der Waals surface area contributed by atoms with E-state index in [1.165, 1.54) is 7.11 Å². The number of benzene rings is 2. The Bertz CT molecular complexity index is 1940. The first-order chi connectivity index (χ1) is 25.7. The van der Waals surface area contributed by atoms with Crippen molar-refractivity contribution < 1.29 is 28.7 Å². The second kappa shape index (κ2) is 15.5. The number of aromatic amines is 2. The largest absolute Gasteiger partial charge is 0.453 e. The molecule has 4 amide bonds. The quantitative estimate of drug-likeness (QED) is 0.165. The Morgan fingerprint density at radius 2 is 1.26 bits per heavy atom. The second-order valence-electron chi connectivity index (χ2n) is 14.1. The fraction of sp³-hybridized carbons (Fsp3) is 0.436. The molecule has 3 aliphatic rings. The predicted molar refractivity (Wildman–Crippen MR) is 196 cm³/mol. The number of ether oxygens (including phenoxy) is 2. The SMILES string of the molecule is COC(=O)N[C@@H](C)C(=O)N1CCC[C@H]1c1ncc(-c2ccc(-c3ccc(-c4cnc([C@@H]5CCCN5C(=O)[C@H]5CCCC[C@H]5OC(N)=O)[nH]4)cc3)cc2)[nH]1. The van der Waals surface area contributed by atoms with Crippen LogP contribution < -0.4 is 11.1 Å². The summed E-state index contributed by atoms with van der Waals surface area (Å²) in [4.78, 5) is 69.8. The Morgan fingerprint density at radius 1 is 0.755 bits per heavy atom. The third kappa shape index (κ3) is 7.62. The van der Waals surface area contributed by atoms with Crippen molar-refractivity contribution in [3.63, 3.8) is 0 Å². The van der Waals surface area contributed by atoms with Crippen molar-refractivity contribution in [2.75, 3.05) is 20.2 Å². The van der Waals surface area contributed by atoms with Gasteiger partial charge in [0, 0.05) is 13.1 Å². The number of hydrogen-bond donors (Lipinski definition) is 4. The maximum absolute atomic E-state index is 13.7. The Hall–Kier alpha value is -5.66. The van der Waals surface area contributed by atoms with Gasteiger partial charge in [0.15, 0.2) is 0 Å². The van der Waals surface area contributed by atoms with Crippen LogP contribution >= 0.6 is 0 Å². The van der Waals surface area contributed by atoms with Crippen LogP contribution in [-0.2, 0) is 19.1 Å². The minimum Gasteiger partial charge on any atom is -0.453 e. The number of nitrogens with two attached hydrogens (primary N) is 1. The lowest BCUT2D eigenvalue weighted by molar-refractivity contribution is -0.142. The molecule has 1 aliphatic carbocycles. The van der Waals surface area contributed by atoms with E-state index in [4.69, 9.17) is 15.5 Å². The first-order valence-corrected chi connectivity index (χ1v) is 18.4. The molecular formula is C39H46N8O6. The van der Waals surface area contributed by atoms with Crippen molar-refractivity contribution in [1.82, 2.24) is 35.1 Å². The summed E-state index contributed by atoms with van der Waals surface area (Å²) in [6, 6.07) is 15.5. The molecular weight excluding hydrogens is 676 g/mol. The number of nitrogens with one attached hydrogen (secondary N) is 3. The molecule has 0 spiro atoms. The van der Waals surface area contributed by atoms with E-state index in [0.29, 0.717) is 25.9 Å². The predicted octanol–water partition coefficient (Wildman–Crippen LogP) is 5.86. The molecule has 14 heteroatoms. The Kier molecular flexibility index (Phi) is 10.5. The van der Waals surface area contributed by atoms with Crippen molar-refractivity contribution in [2.45, 2.75) is 82.5 Å². The van der Waals surface area contributed by atoms with E-state index in [0.717, 1.165) is 83.8 Å². The highest BCUT2D eigenvalue weighted by atomic mass is 16.6. The van der Waals surface area contributed by atoms with Crippen molar-refractivity contribution in [1.29, 1.82) is 0 Å². The second-order valence-corrected chi connectivity index (χ2v) is 14.1. The number of amides is 4. The molecule has 14 nitrogen and oxygen atoms in total. The van der Waals surface area contributed by atoms with Crippen molar-refractivity contribution in [3.05, 3.63) is 72.6 Å². The molecule has 0 bridgehead atoms. The summed E-state index contributed by atoms with van der Waals surface area (Å²) in [6.07, 6.45) is 8.17. The number of hydrogen-bond acceptors (Lipinski definition) is 8. The number of aromatic nitrogens is 4. The van der Waals surface area contributed by atoms with Crippen LogP contribution in [-0.4, -0.2) is 86.1 Å². The minimum atomic E-state index is -0.832. The van der Waals surface area contributed by atoms with Crippen LogP contribution in [0, 0.1) is 5.92 Å². The summed E-state index contributed by atoms with van der Waals surface area (Å²) < 4.78 is 9.98. The number of carbonyl (C=O) groups is 4. The fourth-order valence-electron chi connectivity index (χ4n) is 8.05. The molecule has 4 aromatic rings. The summed E-state index contributed by atoms with van der Waals surface area (Å²) in [5, 5.41) is 2.56. The lowest BCUT2D eigenvalue weighted by Gasteiger charge is -2.34. The van der Waals surface area contributed by atoms with Gasteiger partial charge in [-0.2, -0.15) is 0 Å². The van der Waals surface area contributed by atoms with E-state index < -0.39 is 24.3 Å². The van der Waals surface area contributed by atoms with Gasteiger partial charge in [0.05, 0.1) is 48.9 Å². The smallest absolute Gasteiger partial charge is 0.407 e. The summed E-state index contributed by atoms with van der Waals surface area (Å²) in [6.45, 7) is 2.89. The van der Waals surface area contributed by atoms with E-state index in [-0.39, 0.29) is 29.8 Å². The topological polar surface area (TPSA) is 189 Å². The summed E-state index contributed by atoms with van der Waals surface area (Å²) in [5.41, 5.74) is 11.1. The molecule has 7 rings (SSSR count). The van der Waals surface area contributed by atoms with Gasteiger partial charge in [-0.25, -0.2) is 19.6 Å². The van der Waals surface area contributed by atoms with Gasteiger partial charge in [-0.15, -0.1) is 0 Å². The average Bonchev–Trinajstić information content (AvgIpc) is 4.01. The standard InChI is InChI=1S/C39H46N8O6/c1-23(43-39(51)52-2)36(48)46-19-5-8-31(46)34-41-21-29(44-34)26-15-11-24(12-16-26)25-13-17-27(18-14-25)30-22-42-35(45-30)32-9-6-20-47(32)37(49)28-7-3-4-10-33(28)53-38(40)50/h11-18,21-23,28,31-33H,3-10,19-20H2,1-2H3,(H2,40,50)(H,41,44)(H,42,45)(H,43,51)/t23-,28-,31-,32-,33+/m0/s1. The first kappa shape index (κ1) is 35.7. The third-order valence-electron chi connectivity index (χ3n) is 10.8. The summed E-state index contributed by atoms with van der Waals surface area (Å²) in [5.74, 6) is 0.936. The number of rotatable bonds is 9. The molecule has 2 aromatic heterocycles. The van der Waals surface area contributed by atoms with Gasteiger partial charge in [-0.05, 0) is 74.1 Å². The number of H-pyrrole nitrogens is 2. The van der Waals surface area contributed by atoms with E-state index in [9.17, 15) is 19.2 Å². The van der Waals surface area contributed by atoms with Crippen LogP contribution in [0.25, 0.3) is 33.6 Å². The normalized spacial score (nSPS) is 22.0. The van der Waals surface area contributed by atoms with Crippen molar-refractivity contribution in [3.8, 4) is 33.6 Å². The highest BCUT2D eigenvalue weighted by Gasteiger charge is 2.41. The molecule has 2 aromatic carbocycles. The number of nitrogens with zero attached hydrogens (tertiary/aromatic N) is 4. The molecule has 2 saturated heterocycles. The number of likely N-dealkylation sites (tertiary alicyclic amines) is 2. The highest BCUT2D eigenvalue weighted by molar-refractivity contribution is 5.86. The van der Waals surface area contributed by atoms with E-state index >= 15 is 0 Å². The number of primary amides is 1. The zero-order valence-corrected chi connectivity index (χ0v) is 30.0. The molecule has 4 heterocycles. The Morgan fingerprint density at radius 3 is 1.81 bits per heavy atom. The highest BCUT2D eigenvalue weighted by Crippen LogP contribution is 2.37. The van der Waals surface area contributed by atoms with Gasteiger partial charge in [-0.1, -0.05) is 55.0 Å². The molecule has 2 aliphatic heterocycles. The third-order valence-corrected chi connectivity index (χ3v) is 10.8. The number of methoxy groups -OCH3 is 1. The first-order valence-electron chi connectivity index (χ1n) is 18.4. The molecule has 53 heavy (non-hydrogen) atoms. The van der Waals surface area contributed by atoms with Gasteiger partial charge in [0.25, 0.3) is 0 Å². The summed E-state index contributed by atoms with van der Waals surface area (Å²) >= 11 is 0. The van der Waals surface area contributed by atoms with Crippen LogP contribution in [0.5, 0.6) is 0 Å². The van der Waals surface area contributed by atoms with Gasteiger partial charge < -0.3 is 40.3 Å². The molecule has 5 atom stereocenters. The number of carbonyl (C=O) groups excluding carboxylic acids is 4. The lowest BCUT2D eigenvalue weighted by atomic mass is 9.85. The van der Waals surface area contributed by atoms with E-state index in [1.807, 2.05) is 23.2 Å². The van der Waals surface area contributed by atoms with Crippen LogP contribution in [0.15, 0.2) is 60.9 Å². The molecule has 1 saturated carbocycles. The molecule has 3 fully saturated rings. The molecule has 5 N–H and O–H groups in total. The van der Waals surface area contributed by atoms with Gasteiger partial charge in [0.2, 0.25) is 11.8 Å². The Balaban J connectivity index is 0.990. The van der Waals surface area contributed by atoms with E-state index in [2.05, 4.69) is 61.4 Å². The number of alkyl carbamates (subject to hydrolysis) is 1. The zero-order chi connectivity index (χ0) is 37.1. The summed E-state index contributed by atoms with van der Waals surface area (Å²) in [7, 11) is 1.27. The molecule has 278 valence electrons. The van der Waals surface area contributed by atoms with Gasteiger partial charge >= 0.3 is 12.2 Å². The fourth-order valence-corrected chi connectivity index (χ4v) is 8.05. The minimum absolute atomic E-state index is 0.00759. The van der Waals surface area contributed by atoms with Crippen LogP contribution in [0.3, 0.4) is 0 Å². The van der Waals surface area contributed by atoms with Gasteiger partial charge in [-0.3, -0.25) is 9.59 Å². The van der Waals surface area contributed by atoms with E-state index in [1.54, 1.807) is 18.0 Å². The van der Waals surface area contributed by atoms with Crippen LogP contribution in [0.1, 0.15) is 82.0 Å². The maximum atomic E-state index is 13.7. The molecule has 0 unspecified atom stereocenters. The van der Waals surface area contributed by atoms with Crippen LogP contribution in [0.4, 0.5) is 9.59 Å². The molecule has 0 radical (unpaired) electrons. The monoisotopic (exact) mass is 722 g/mol. The van der Waals surface area contributed by atoms with Gasteiger partial charge in [0.1, 0.15) is 23.8 Å². The Labute approximate surface area is 307 Å².